The molecule has 1 aromatic rings. The van der Waals surface area contributed by atoms with Crippen LogP contribution in [0.4, 0.5) is 0 Å². The molecule has 0 atom stereocenters. The Kier molecular flexibility index (Phi) is 6.50. The molecule has 136 valence electrons. The molecule has 0 unspecified atom stereocenters. The van der Waals surface area contributed by atoms with E-state index in [1.165, 1.54) is 13.8 Å². The van der Waals surface area contributed by atoms with Gasteiger partial charge >= 0.3 is 5.97 Å². The number of aromatic nitrogens is 1. The number of sulfonamides is 1. The summed E-state index contributed by atoms with van der Waals surface area (Å²) < 4.78 is 35.8. The van der Waals surface area contributed by atoms with Crippen LogP contribution in [0.15, 0.2) is 9.42 Å². The van der Waals surface area contributed by atoms with Crippen molar-refractivity contribution in [2.45, 2.75) is 51.5 Å². The molecule has 0 saturated carbocycles. The number of rotatable bonds is 8. The van der Waals surface area contributed by atoms with Gasteiger partial charge in [-0.15, -0.1) is 0 Å². The number of esters is 1. The lowest BCUT2D eigenvalue weighted by Gasteiger charge is -2.24. The van der Waals surface area contributed by atoms with Crippen molar-refractivity contribution in [1.29, 1.82) is 0 Å². The molecule has 1 amide bonds. The van der Waals surface area contributed by atoms with Crippen LogP contribution in [0.1, 0.15) is 38.6 Å². The Balaban J connectivity index is 2.51. The first-order chi connectivity index (χ1) is 11.0. The third-order valence-electron chi connectivity index (χ3n) is 3.37. The number of nitrogens with zero attached hydrogens (tertiary/aromatic N) is 1. The Hall–Kier alpha value is -1.94. The topological polar surface area (TPSA) is 128 Å². The highest BCUT2D eigenvalue weighted by molar-refractivity contribution is 7.89. The minimum Gasteiger partial charge on any atom is -0.455 e. The molecule has 0 bridgehead atoms. The lowest BCUT2D eigenvalue weighted by Crippen LogP contribution is -2.45. The number of carbonyl (C=O) groups excluding carboxylic acids is 2. The fourth-order valence-corrected chi connectivity index (χ4v) is 3.08. The largest absolute Gasteiger partial charge is 0.455 e. The van der Waals surface area contributed by atoms with Crippen molar-refractivity contribution in [3.8, 4) is 0 Å². The monoisotopic (exact) mass is 361 g/mol. The maximum absolute atomic E-state index is 12.1. The Morgan fingerprint density at radius 1 is 1.29 bits per heavy atom. The van der Waals surface area contributed by atoms with Gasteiger partial charge in [-0.1, -0.05) is 12.1 Å². The summed E-state index contributed by atoms with van der Waals surface area (Å²) in [5.41, 5.74) is -0.219. The van der Waals surface area contributed by atoms with Gasteiger partial charge in [0.1, 0.15) is 17.1 Å². The highest BCUT2D eigenvalue weighted by Crippen LogP contribution is 2.18. The molecule has 0 spiro atoms. The van der Waals surface area contributed by atoms with Crippen molar-refractivity contribution in [3.63, 3.8) is 0 Å². The summed E-state index contributed by atoms with van der Waals surface area (Å²) in [5.74, 6) is -1.20. The van der Waals surface area contributed by atoms with Gasteiger partial charge in [0.25, 0.3) is 5.91 Å². The van der Waals surface area contributed by atoms with Crippen LogP contribution < -0.4 is 10.0 Å². The van der Waals surface area contributed by atoms with Crippen molar-refractivity contribution in [3.05, 3.63) is 11.5 Å². The van der Waals surface area contributed by atoms with Gasteiger partial charge < -0.3 is 14.6 Å². The molecule has 0 aliphatic heterocycles. The predicted molar refractivity (Wildman–Crippen MR) is 84.6 cm³/mol. The average Bonchev–Trinajstić information content (AvgIpc) is 2.82. The zero-order valence-corrected chi connectivity index (χ0v) is 15.2. The Labute approximate surface area is 141 Å². The molecule has 0 aromatic carbocycles. The van der Waals surface area contributed by atoms with E-state index >= 15 is 0 Å². The van der Waals surface area contributed by atoms with Gasteiger partial charge in [0.2, 0.25) is 10.0 Å². The van der Waals surface area contributed by atoms with E-state index < -0.39 is 40.6 Å². The van der Waals surface area contributed by atoms with Crippen molar-refractivity contribution < 1.29 is 27.3 Å². The Bertz CT molecular complexity index is 689. The van der Waals surface area contributed by atoms with Gasteiger partial charge in [-0.2, -0.15) is 4.72 Å². The standard InChI is InChI=1S/C14H23N3O6S/c1-6-14(4,5)16-11(18)8-22-12(19)7-15-24(20,21)13-9(2)17-23-10(13)3/h15H,6-8H2,1-5H3,(H,16,18). The smallest absolute Gasteiger partial charge is 0.321 e. The molecule has 1 rings (SSSR count). The molecular weight excluding hydrogens is 338 g/mol. The lowest BCUT2D eigenvalue weighted by molar-refractivity contribution is -0.147. The zero-order valence-electron chi connectivity index (χ0n) is 14.4. The second-order valence-corrected chi connectivity index (χ2v) is 7.63. The van der Waals surface area contributed by atoms with E-state index in [4.69, 9.17) is 9.26 Å². The van der Waals surface area contributed by atoms with Crippen LogP contribution in [-0.2, 0) is 24.3 Å². The molecule has 1 aromatic heterocycles. The van der Waals surface area contributed by atoms with E-state index in [1.807, 2.05) is 20.8 Å². The molecule has 0 fully saturated rings. The number of carbonyl (C=O) groups is 2. The maximum Gasteiger partial charge on any atom is 0.321 e. The third kappa shape index (κ3) is 5.60. The van der Waals surface area contributed by atoms with E-state index in [2.05, 4.69) is 15.2 Å². The van der Waals surface area contributed by atoms with Gasteiger partial charge in [0.15, 0.2) is 12.4 Å². The van der Waals surface area contributed by atoms with Crippen molar-refractivity contribution in [1.82, 2.24) is 15.2 Å². The summed E-state index contributed by atoms with van der Waals surface area (Å²) in [6.45, 7) is 7.44. The molecule has 2 N–H and O–H groups in total. The summed E-state index contributed by atoms with van der Waals surface area (Å²) in [6, 6.07) is 0. The first kappa shape index (κ1) is 20.1. The van der Waals surface area contributed by atoms with Crippen LogP contribution in [0.3, 0.4) is 0 Å². The predicted octanol–water partition coefficient (Wildman–Crippen LogP) is 0.418. The number of ether oxygens (including phenoxy) is 1. The van der Waals surface area contributed by atoms with Crippen molar-refractivity contribution >= 4 is 21.9 Å². The molecule has 0 aliphatic rings. The van der Waals surface area contributed by atoms with E-state index in [0.29, 0.717) is 6.42 Å². The quantitative estimate of drug-likeness (QED) is 0.642. The van der Waals surface area contributed by atoms with Gasteiger partial charge in [-0.3, -0.25) is 9.59 Å². The normalized spacial score (nSPS) is 12.0. The number of nitrogens with one attached hydrogen (secondary N) is 2. The number of hydrogen-bond donors (Lipinski definition) is 2. The van der Waals surface area contributed by atoms with E-state index in [0.717, 1.165) is 0 Å². The first-order valence-electron chi connectivity index (χ1n) is 7.37. The first-order valence-corrected chi connectivity index (χ1v) is 8.86. The zero-order chi connectivity index (χ0) is 18.5. The van der Waals surface area contributed by atoms with Gasteiger partial charge in [0, 0.05) is 5.54 Å². The van der Waals surface area contributed by atoms with Gasteiger partial charge in [-0.05, 0) is 34.1 Å². The van der Waals surface area contributed by atoms with E-state index in [9.17, 15) is 18.0 Å². The van der Waals surface area contributed by atoms with Crippen LogP contribution in [0.25, 0.3) is 0 Å². The SMILES string of the molecule is CCC(C)(C)NC(=O)COC(=O)CNS(=O)(=O)c1c(C)noc1C. The number of aryl methyl sites for hydroxylation is 2. The van der Waals surface area contributed by atoms with Crippen LogP contribution in [0.5, 0.6) is 0 Å². The molecule has 0 saturated heterocycles. The van der Waals surface area contributed by atoms with E-state index in [1.54, 1.807) is 0 Å². The third-order valence-corrected chi connectivity index (χ3v) is 5.01. The molecule has 9 nitrogen and oxygen atoms in total. The van der Waals surface area contributed by atoms with Gasteiger partial charge in [-0.25, -0.2) is 8.42 Å². The van der Waals surface area contributed by atoms with Crippen LogP contribution in [0.2, 0.25) is 0 Å². The summed E-state index contributed by atoms with van der Waals surface area (Å²) in [5, 5.41) is 6.24. The Morgan fingerprint density at radius 2 is 1.92 bits per heavy atom. The number of amides is 1. The molecule has 1 heterocycles. The molecule has 24 heavy (non-hydrogen) atoms. The highest BCUT2D eigenvalue weighted by atomic mass is 32.2. The Morgan fingerprint density at radius 3 is 2.42 bits per heavy atom. The van der Waals surface area contributed by atoms with E-state index in [-0.39, 0.29) is 16.3 Å². The molecule has 0 aliphatic carbocycles. The molecular formula is C14H23N3O6S. The summed E-state index contributed by atoms with van der Waals surface area (Å²) in [4.78, 5) is 23.1. The van der Waals surface area contributed by atoms with Crippen LogP contribution in [0, 0.1) is 13.8 Å². The minimum atomic E-state index is -3.95. The van der Waals surface area contributed by atoms with Crippen LogP contribution >= 0.6 is 0 Å². The lowest BCUT2D eigenvalue weighted by atomic mass is 10.0. The molecule has 10 heteroatoms. The van der Waals surface area contributed by atoms with Crippen molar-refractivity contribution in [2.24, 2.45) is 0 Å². The summed E-state index contributed by atoms with van der Waals surface area (Å²) in [6.07, 6.45) is 0.712. The maximum atomic E-state index is 12.1. The summed E-state index contributed by atoms with van der Waals surface area (Å²) in [7, 11) is -3.95. The minimum absolute atomic E-state index is 0.113. The van der Waals surface area contributed by atoms with Gasteiger partial charge in [0.05, 0.1) is 0 Å². The van der Waals surface area contributed by atoms with Crippen LogP contribution in [-0.4, -0.2) is 44.1 Å². The second-order valence-electron chi connectivity index (χ2n) is 5.92. The highest BCUT2D eigenvalue weighted by Gasteiger charge is 2.25. The number of hydrogen-bond acceptors (Lipinski definition) is 7. The van der Waals surface area contributed by atoms with Crippen molar-refractivity contribution in [2.75, 3.05) is 13.2 Å². The second kappa shape index (κ2) is 7.75. The fourth-order valence-electron chi connectivity index (χ4n) is 1.78. The molecule has 0 radical (unpaired) electrons. The average molecular weight is 361 g/mol. The summed E-state index contributed by atoms with van der Waals surface area (Å²) >= 11 is 0. The fraction of sp³-hybridized carbons (Fsp3) is 0.643.